The fraction of sp³-hybridized carbons (Fsp3) is 0.550. The maximum absolute atomic E-state index is 10.6. The van der Waals surface area contributed by atoms with Gasteiger partial charge < -0.3 is 14.8 Å². The Hall–Kier alpha value is -1.69. The molecule has 2 atom stereocenters. The highest BCUT2D eigenvalue weighted by Crippen LogP contribution is 2.22. The van der Waals surface area contributed by atoms with Gasteiger partial charge in [-0.05, 0) is 64.4 Å². The largest absolute Gasteiger partial charge is 0.395 e. The summed E-state index contributed by atoms with van der Waals surface area (Å²) in [7, 11) is 0. The van der Waals surface area contributed by atoms with Gasteiger partial charge in [0.15, 0.2) is 0 Å². The summed E-state index contributed by atoms with van der Waals surface area (Å²) >= 11 is 0. The van der Waals surface area contributed by atoms with Crippen LogP contribution < -0.4 is 0 Å². The molecule has 0 aliphatic heterocycles. The molecule has 2 aromatic heterocycles. The van der Waals surface area contributed by atoms with Crippen LogP contribution in [0.5, 0.6) is 0 Å². The van der Waals surface area contributed by atoms with E-state index in [0.29, 0.717) is 6.54 Å². The first-order valence-corrected chi connectivity index (χ1v) is 9.03. The second kappa shape index (κ2) is 8.61. The summed E-state index contributed by atoms with van der Waals surface area (Å²) < 4.78 is 2.13. The molecular weight excluding hydrogens is 314 g/mol. The van der Waals surface area contributed by atoms with E-state index in [0.717, 1.165) is 41.3 Å². The van der Waals surface area contributed by atoms with Crippen LogP contribution in [0, 0.1) is 20.8 Å². The number of nitrogens with zero attached hydrogens (tertiary/aromatic N) is 3. The lowest BCUT2D eigenvalue weighted by Gasteiger charge is -2.29. The number of rotatable bonds is 8. The predicted molar refractivity (Wildman–Crippen MR) is 101 cm³/mol. The lowest BCUT2D eigenvalue weighted by molar-refractivity contribution is 0.0684. The Labute approximate surface area is 150 Å². The molecular formula is C20H31N3O2. The lowest BCUT2D eigenvalue weighted by atomic mass is 10.1. The Morgan fingerprint density at radius 3 is 2.36 bits per heavy atom. The van der Waals surface area contributed by atoms with Crippen LogP contribution in [0.4, 0.5) is 0 Å². The monoisotopic (exact) mass is 345 g/mol. The zero-order valence-corrected chi connectivity index (χ0v) is 16.0. The summed E-state index contributed by atoms with van der Waals surface area (Å²) in [5.74, 6) is 0.907. The predicted octanol–water partition coefficient (Wildman–Crippen LogP) is 2.92. The van der Waals surface area contributed by atoms with Gasteiger partial charge in [-0.1, -0.05) is 6.92 Å². The number of hydrogen-bond donors (Lipinski definition) is 2. The summed E-state index contributed by atoms with van der Waals surface area (Å²) in [6.45, 7) is 11.7. The Morgan fingerprint density at radius 2 is 1.84 bits per heavy atom. The molecule has 2 aromatic rings. The zero-order chi connectivity index (χ0) is 18.6. The maximum Gasteiger partial charge on any atom is 0.139 e. The Bertz CT molecular complexity index is 677. The fourth-order valence-electron chi connectivity index (χ4n) is 3.23. The Balaban J connectivity index is 2.22. The molecule has 0 saturated heterocycles. The van der Waals surface area contributed by atoms with Gasteiger partial charge in [0.25, 0.3) is 0 Å². The summed E-state index contributed by atoms with van der Waals surface area (Å²) in [5.41, 5.74) is 4.14. The van der Waals surface area contributed by atoms with Crippen molar-refractivity contribution >= 4 is 0 Å². The van der Waals surface area contributed by atoms with Crippen LogP contribution in [-0.4, -0.2) is 50.4 Å². The van der Waals surface area contributed by atoms with Gasteiger partial charge in [0.2, 0.25) is 0 Å². The topological polar surface area (TPSA) is 61.5 Å². The van der Waals surface area contributed by atoms with Crippen LogP contribution in [0.3, 0.4) is 0 Å². The van der Waals surface area contributed by atoms with E-state index < -0.39 is 6.10 Å². The molecule has 2 heterocycles. The van der Waals surface area contributed by atoms with Crippen molar-refractivity contribution in [2.45, 2.75) is 53.2 Å². The lowest BCUT2D eigenvalue weighted by Crippen LogP contribution is -2.39. The minimum absolute atomic E-state index is 0.0353. The summed E-state index contributed by atoms with van der Waals surface area (Å²) in [5, 5.41) is 20.1. The van der Waals surface area contributed by atoms with Gasteiger partial charge in [-0.3, -0.25) is 4.90 Å². The van der Waals surface area contributed by atoms with Crippen LogP contribution in [0.25, 0.3) is 5.82 Å². The third-order valence-electron chi connectivity index (χ3n) is 4.75. The van der Waals surface area contributed by atoms with Gasteiger partial charge in [0.1, 0.15) is 5.82 Å². The smallest absolute Gasteiger partial charge is 0.139 e. The van der Waals surface area contributed by atoms with Gasteiger partial charge in [0, 0.05) is 35.7 Å². The molecule has 0 bridgehead atoms. The fourth-order valence-corrected chi connectivity index (χ4v) is 3.23. The van der Waals surface area contributed by atoms with Crippen molar-refractivity contribution in [3.8, 4) is 5.82 Å². The zero-order valence-electron chi connectivity index (χ0n) is 16.0. The van der Waals surface area contributed by atoms with Gasteiger partial charge in [-0.25, -0.2) is 4.98 Å². The minimum atomic E-state index is -0.618. The number of aryl methyl sites for hydroxylation is 3. The Morgan fingerprint density at radius 1 is 1.20 bits per heavy atom. The SMILES string of the molecule is CCCN(CC(O)c1cnc(-n2c(C)ccc2C)c(C)c1)C(C)CO. The number of aliphatic hydroxyl groups excluding tert-OH is 2. The van der Waals surface area contributed by atoms with Crippen molar-refractivity contribution in [3.05, 3.63) is 46.9 Å². The molecule has 0 aromatic carbocycles. The molecule has 5 heteroatoms. The van der Waals surface area contributed by atoms with Crippen LogP contribution in [0.2, 0.25) is 0 Å². The van der Waals surface area contributed by atoms with Gasteiger partial charge in [0.05, 0.1) is 12.7 Å². The first kappa shape index (κ1) is 19.6. The molecule has 2 unspecified atom stereocenters. The van der Waals surface area contributed by atoms with Crippen molar-refractivity contribution < 1.29 is 10.2 Å². The molecule has 2 rings (SSSR count). The molecule has 138 valence electrons. The highest BCUT2D eigenvalue weighted by atomic mass is 16.3. The molecule has 0 spiro atoms. The number of hydrogen-bond acceptors (Lipinski definition) is 4. The average Bonchev–Trinajstić information content (AvgIpc) is 2.92. The first-order chi connectivity index (χ1) is 11.9. The standard InChI is InChI=1S/C20H31N3O2/c1-6-9-22(17(5)13-24)12-19(25)18-10-14(2)20(21-11-18)23-15(3)7-8-16(23)4/h7-8,10-11,17,19,24-25H,6,9,12-13H2,1-5H3. The molecule has 0 aliphatic carbocycles. The second-order valence-corrected chi connectivity index (χ2v) is 6.90. The van der Waals surface area contributed by atoms with E-state index in [-0.39, 0.29) is 12.6 Å². The van der Waals surface area contributed by atoms with Gasteiger partial charge in [-0.15, -0.1) is 0 Å². The average molecular weight is 345 g/mol. The summed E-state index contributed by atoms with van der Waals surface area (Å²) in [4.78, 5) is 6.74. The van der Waals surface area contributed by atoms with E-state index >= 15 is 0 Å². The van der Waals surface area contributed by atoms with Gasteiger partial charge in [-0.2, -0.15) is 0 Å². The van der Waals surface area contributed by atoms with Crippen molar-refractivity contribution in [3.63, 3.8) is 0 Å². The number of aliphatic hydroxyl groups is 2. The maximum atomic E-state index is 10.6. The van der Waals surface area contributed by atoms with Crippen molar-refractivity contribution in [1.82, 2.24) is 14.5 Å². The number of aromatic nitrogens is 2. The van der Waals surface area contributed by atoms with Crippen molar-refractivity contribution in [1.29, 1.82) is 0 Å². The molecule has 0 fully saturated rings. The van der Waals surface area contributed by atoms with E-state index in [4.69, 9.17) is 0 Å². The molecule has 0 radical (unpaired) electrons. The van der Waals surface area contributed by atoms with Crippen LogP contribution in [-0.2, 0) is 0 Å². The highest BCUT2D eigenvalue weighted by molar-refractivity contribution is 5.40. The van der Waals surface area contributed by atoms with Crippen LogP contribution in [0.15, 0.2) is 24.4 Å². The molecule has 0 saturated carbocycles. The normalized spacial score (nSPS) is 14.1. The van der Waals surface area contributed by atoms with Crippen LogP contribution in [0.1, 0.15) is 48.9 Å². The summed E-state index contributed by atoms with van der Waals surface area (Å²) in [6, 6.07) is 6.21. The molecule has 0 aliphatic rings. The molecule has 25 heavy (non-hydrogen) atoms. The van der Waals surface area contributed by atoms with E-state index in [1.54, 1.807) is 6.20 Å². The van der Waals surface area contributed by atoms with Crippen molar-refractivity contribution in [2.24, 2.45) is 0 Å². The molecule has 5 nitrogen and oxygen atoms in total. The van der Waals surface area contributed by atoms with E-state index in [9.17, 15) is 10.2 Å². The minimum Gasteiger partial charge on any atom is -0.395 e. The third kappa shape index (κ3) is 4.48. The van der Waals surface area contributed by atoms with E-state index in [2.05, 4.69) is 47.4 Å². The van der Waals surface area contributed by atoms with E-state index in [1.165, 1.54) is 0 Å². The molecule has 2 N–H and O–H groups in total. The number of pyridine rings is 1. The quantitative estimate of drug-likeness (QED) is 0.772. The Kier molecular flexibility index (Phi) is 6.76. The van der Waals surface area contributed by atoms with Crippen molar-refractivity contribution in [2.75, 3.05) is 19.7 Å². The van der Waals surface area contributed by atoms with Crippen LogP contribution >= 0.6 is 0 Å². The first-order valence-electron chi connectivity index (χ1n) is 9.03. The van der Waals surface area contributed by atoms with E-state index in [1.807, 2.05) is 19.9 Å². The highest BCUT2D eigenvalue weighted by Gasteiger charge is 2.19. The summed E-state index contributed by atoms with van der Waals surface area (Å²) in [6.07, 6.45) is 2.13. The van der Waals surface area contributed by atoms with Gasteiger partial charge >= 0.3 is 0 Å². The third-order valence-corrected chi connectivity index (χ3v) is 4.75. The molecule has 0 amide bonds. The second-order valence-electron chi connectivity index (χ2n) is 6.90.